The largest absolute Gasteiger partial charge is 0.341 e. The van der Waals surface area contributed by atoms with Gasteiger partial charge in [-0.1, -0.05) is 0 Å². The van der Waals surface area contributed by atoms with E-state index in [1.54, 1.807) is 0 Å². The molecule has 0 bridgehead atoms. The molecule has 0 saturated carbocycles. The molecule has 0 rings (SSSR count). The van der Waals surface area contributed by atoms with Crippen LogP contribution in [0.25, 0.3) is 0 Å². The Balaban J connectivity index is 0. The molecule has 5 nitrogen and oxygen atoms in total. The maximum atomic E-state index is 10.3. The van der Waals surface area contributed by atoms with E-state index in [0.717, 1.165) is 0 Å². The van der Waals surface area contributed by atoms with Gasteiger partial charge >= 0.3 is 12.1 Å². The number of hydrogen-bond donors (Lipinski definition) is 3. The summed E-state index contributed by atoms with van der Waals surface area (Å²) in [5.41, 5.74) is 0. The standard InChI is InChI=1S/C4H9N3O2.ClH/c1-5-3(8)7-4(9)6-2;/h1-2H3,(H3,5,6,7,8,9);1H. The molecule has 0 aliphatic carbocycles. The third kappa shape index (κ3) is 5.17. The summed E-state index contributed by atoms with van der Waals surface area (Å²) in [6.07, 6.45) is 0. The van der Waals surface area contributed by atoms with Crippen LogP contribution in [-0.4, -0.2) is 26.2 Å². The lowest BCUT2D eigenvalue weighted by molar-refractivity contribution is 0.229. The van der Waals surface area contributed by atoms with Crippen LogP contribution in [-0.2, 0) is 0 Å². The molecule has 0 aromatic rings. The second-order valence-corrected chi connectivity index (χ2v) is 1.28. The zero-order chi connectivity index (χ0) is 7.28. The number of carbonyl (C=O) groups excluding carboxylic acids is 2. The van der Waals surface area contributed by atoms with Gasteiger partial charge in [-0.05, 0) is 0 Å². The highest BCUT2D eigenvalue weighted by atomic mass is 35.5. The van der Waals surface area contributed by atoms with Gasteiger partial charge in [-0.15, -0.1) is 12.4 Å². The van der Waals surface area contributed by atoms with Crippen molar-refractivity contribution < 1.29 is 9.59 Å². The van der Waals surface area contributed by atoms with E-state index in [9.17, 15) is 9.59 Å². The van der Waals surface area contributed by atoms with E-state index in [4.69, 9.17) is 0 Å². The molecule has 0 atom stereocenters. The van der Waals surface area contributed by atoms with Gasteiger partial charge in [-0.3, -0.25) is 5.32 Å². The molecule has 0 aliphatic rings. The van der Waals surface area contributed by atoms with Crippen molar-refractivity contribution in [2.45, 2.75) is 0 Å². The number of nitrogens with one attached hydrogen (secondary N) is 3. The lowest BCUT2D eigenvalue weighted by Crippen LogP contribution is -2.42. The molecule has 4 amide bonds. The van der Waals surface area contributed by atoms with Crippen LogP contribution in [0.1, 0.15) is 0 Å². The summed E-state index contributed by atoms with van der Waals surface area (Å²) in [6, 6.07) is -1.04. The molecule has 0 radical (unpaired) electrons. The van der Waals surface area contributed by atoms with Gasteiger partial charge in [-0.2, -0.15) is 0 Å². The minimum absolute atomic E-state index is 0. The number of imide groups is 1. The number of hydrogen-bond acceptors (Lipinski definition) is 2. The van der Waals surface area contributed by atoms with Crippen LogP contribution in [0, 0.1) is 0 Å². The fraction of sp³-hybridized carbons (Fsp3) is 0.500. The van der Waals surface area contributed by atoms with Crippen LogP contribution in [0.3, 0.4) is 0 Å². The lowest BCUT2D eigenvalue weighted by atomic mass is 10.8. The fourth-order valence-corrected chi connectivity index (χ4v) is 0.228. The Kier molecular flexibility index (Phi) is 7.25. The van der Waals surface area contributed by atoms with Gasteiger partial charge in [0.1, 0.15) is 0 Å². The van der Waals surface area contributed by atoms with Crippen LogP contribution in [0.15, 0.2) is 0 Å². The van der Waals surface area contributed by atoms with Gasteiger partial charge in [-0.25, -0.2) is 9.59 Å². The van der Waals surface area contributed by atoms with Gasteiger partial charge in [0.25, 0.3) is 0 Å². The number of urea groups is 2. The summed E-state index contributed by atoms with van der Waals surface area (Å²) in [5, 5.41) is 6.42. The zero-order valence-electron chi connectivity index (χ0n) is 5.72. The molecular formula is C4H10ClN3O2. The van der Waals surface area contributed by atoms with E-state index in [2.05, 4.69) is 10.6 Å². The molecule has 0 aliphatic heterocycles. The molecule has 0 aromatic heterocycles. The fourth-order valence-electron chi connectivity index (χ4n) is 0.228. The normalized spacial score (nSPS) is 7.00. The van der Waals surface area contributed by atoms with Crippen molar-refractivity contribution in [1.82, 2.24) is 16.0 Å². The summed E-state index contributed by atoms with van der Waals surface area (Å²) in [5.74, 6) is 0. The molecule has 0 unspecified atom stereocenters. The number of amides is 4. The highest BCUT2D eigenvalue weighted by Crippen LogP contribution is 1.61. The Morgan fingerprint density at radius 3 is 1.50 bits per heavy atom. The first-order valence-corrected chi connectivity index (χ1v) is 2.41. The van der Waals surface area contributed by atoms with Crippen molar-refractivity contribution in [1.29, 1.82) is 0 Å². The summed E-state index contributed by atoms with van der Waals surface area (Å²) in [6.45, 7) is 0. The summed E-state index contributed by atoms with van der Waals surface area (Å²) in [7, 11) is 2.86. The zero-order valence-corrected chi connectivity index (χ0v) is 6.54. The van der Waals surface area contributed by atoms with Gasteiger partial charge in [0, 0.05) is 14.1 Å². The van der Waals surface area contributed by atoms with Crippen molar-refractivity contribution in [3.05, 3.63) is 0 Å². The predicted molar refractivity (Wildman–Crippen MR) is 39.3 cm³/mol. The average Bonchev–Trinajstić information content (AvgIpc) is 1.87. The molecule has 0 aromatic carbocycles. The first kappa shape index (κ1) is 11.8. The molecule has 60 valence electrons. The molecule has 3 N–H and O–H groups in total. The summed E-state index contributed by atoms with van der Waals surface area (Å²) < 4.78 is 0. The Morgan fingerprint density at radius 2 is 1.30 bits per heavy atom. The van der Waals surface area contributed by atoms with E-state index in [1.807, 2.05) is 5.32 Å². The Hall–Kier alpha value is -0.970. The first-order valence-electron chi connectivity index (χ1n) is 2.41. The van der Waals surface area contributed by atoms with E-state index in [1.165, 1.54) is 14.1 Å². The third-order valence-corrected chi connectivity index (χ3v) is 0.681. The molecule has 0 spiro atoms. The van der Waals surface area contributed by atoms with Crippen molar-refractivity contribution in [3.63, 3.8) is 0 Å². The molecule has 0 saturated heterocycles. The molecule has 10 heavy (non-hydrogen) atoms. The number of rotatable bonds is 0. The van der Waals surface area contributed by atoms with Crippen LogP contribution in [0.2, 0.25) is 0 Å². The van der Waals surface area contributed by atoms with Crippen LogP contribution < -0.4 is 16.0 Å². The number of carbonyl (C=O) groups is 2. The Bertz CT molecular complexity index is 114. The van der Waals surface area contributed by atoms with E-state index in [0.29, 0.717) is 0 Å². The second-order valence-electron chi connectivity index (χ2n) is 1.28. The monoisotopic (exact) mass is 167 g/mol. The Morgan fingerprint density at radius 1 is 1.00 bits per heavy atom. The highest BCUT2D eigenvalue weighted by Gasteiger charge is 1.99. The Labute approximate surface area is 65.0 Å². The van der Waals surface area contributed by atoms with Gasteiger partial charge in [0.15, 0.2) is 0 Å². The maximum absolute atomic E-state index is 10.3. The van der Waals surface area contributed by atoms with E-state index < -0.39 is 12.1 Å². The van der Waals surface area contributed by atoms with Crippen LogP contribution in [0.4, 0.5) is 9.59 Å². The molecule has 6 heteroatoms. The predicted octanol–water partition coefficient (Wildman–Crippen LogP) is -0.323. The molecular weight excluding hydrogens is 158 g/mol. The highest BCUT2D eigenvalue weighted by molar-refractivity contribution is 5.92. The molecule has 0 heterocycles. The SMILES string of the molecule is CNC(=O)NC(=O)NC.Cl. The first-order chi connectivity index (χ1) is 4.20. The van der Waals surface area contributed by atoms with Crippen molar-refractivity contribution >= 4 is 24.5 Å². The van der Waals surface area contributed by atoms with E-state index in [-0.39, 0.29) is 12.4 Å². The van der Waals surface area contributed by atoms with Gasteiger partial charge < -0.3 is 10.6 Å². The van der Waals surface area contributed by atoms with Gasteiger partial charge in [0.2, 0.25) is 0 Å². The van der Waals surface area contributed by atoms with Crippen LogP contribution >= 0.6 is 12.4 Å². The van der Waals surface area contributed by atoms with Crippen LogP contribution in [0.5, 0.6) is 0 Å². The number of halogens is 1. The summed E-state index contributed by atoms with van der Waals surface area (Å²) in [4.78, 5) is 20.6. The topological polar surface area (TPSA) is 70.2 Å². The minimum atomic E-state index is -0.519. The molecule has 0 fully saturated rings. The average molecular weight is 168 g/mol. The maximum Gasteiger partial charge on any atom is 0.322 e. The van der Waals surface area contributed by atoms with Crippen molar-refractivity contribution in [2.75, 3.05) is 14.1 Å². The third-order valence-electron chi connectivity index (χ3n) is 0.681. The van der Waals surface area contributed by atoms with Gasteiger partial charge in [0.05, 0.1) is 0 Å². The van der Waals surface area contributed by atoms with Crippen molar-refractivity contribution in [3.8, 4) is 0 Å². The quantitative estimate of drug-likeness (QED) is 0.463. The summed E-state index contributed by atoms with van der Waals surface area (Å²) >= 11 is 0. The van der Waals surface area contributed by atoms with E-state index >= 15 is 0 Å². The lowest BCUT2D eigenvalue weighted by Gasteiger charge is -1.99. The minimum Gasteiger partial charge on any atom is -0.341 e. The van der Waals surface area contributed by atoms with Crippen molar-refractivity contribution in [2.24, 2.45) is 0 Å². The smallest absolute Gasteiger partial charge is 0.322 e. The second kappa shape index (κ2) is 6.15.